The van der Waals surface area contributed by atoms with Crippen molar-refractivity contribution < 1.29 is 4.74 Å². The second kappa shape index (κ2) is 6.15. The highest BCUT2D eigenvalue weighted by Crippen LogP contribution is 2.34. The third-order valence-corrected chi connectivity index (χ3v) is 4.23. The maximum Gasteiger partial charge on any atom is 0.0637 e. The highest BCUT2D eigenvalue weighted by atomic mass is 16.5. The van der Waals surface area contributed by atoms with Gasteiger partial charge in [-0.25, -0.2) is 0 Å². The Labute approximate surface area is 122 Å². The molecular weight excluding hydrogens is 248 g/mol. The summed E-state index contributed by atoms with van der Waals surface area (Å²) in [5.74, 6) is 0. The molecule has 110 valence electrons. The molecule has 2 aliphatic rings. The predicted molar refractivity (Wildman–Crippen MR) is 83.3 cm³/mol. The van der Waals surface area contributed by atoms with Crippen LogP contribution in [-0.2, 0) is 11.3 Å². The molecule has 0 amide bonds. The Balaban J connectivity index is 1.77. The van der Waals surface area contributed by atoms with Gasteiger partial charge in [0.15, 0.2) is 0 Å². The summed E-state index contributed by atoms with van der Waals surface area (Å²) in [5.41, 5.74) is 4.20. The number of methoxy groups -OCH3 is 1. The average Bonchev–Trinajstić information content (AvgIpc) is 3.32. The van der Waals surface area contributed by atoms with E-state index in [2.05, 4.69) is 35.3 Å². The van der Waals surface area contributed by atoms with Crippen molar-refractivity contribution in [1.82, 2.24) is 5.32 Å². The van der Waals surface area contributed by atoms with Crippen molar-refractivity contribution in [2.45, 2.75) is 51.2 Å². The average molecular weight is 274 g/mol. The van der Waals surface area contributed by atoms with Crippen molar-refractivity contribution in [2.75, 3.05) is 25.2 Å². The number of anilines is 1. The SMILES string of the molecule is COCCN(c1ccc(C)cc1CNC1CC1)C1CC1. The molecule has 0 atom stereocenters. The van der Waals surface area contributed by atoms with Crippen molar-refractivity contribution in [3.63, 3.8) is 0 Å². The van der Waals surface area contributed by atoms with Crippen LogP contribution in [0, 0.1) is 6.92 Å². The molecule has 1 aromatic carbocycles. The van der Waals surface area contributed by atoms with E-state index in [1.165, 1.54) is 42.5 Å². The lowest BCUT2D eigenvalue weighted by atomic mass is 10.1. The first kappa shape index (κ1) is 13.9. The molecule has 2 saturated carbocycles. The van der Waals surface area contributed by atoms with Crippen LogP contribution in [0.1, 0.15) is 36.8 Å². The van der Waals surface area contributed by atoms with Crippen molar-refractivity contribution in [3.8, 4) is 0 Å². The van der Waals surface area contributed by atoms with Crippen molar-refractivity contribution in [3.05, 3.63) is 29.3 Å². The van der Waals surface area contributed by atoms with Crippen LogP contribution in [0.5, 0.6) is 0 Å². The first-order chi connectivity index (χ1) is 9.78. The van der Waals surface area contributed by atoms with E-state index >= 15 is 0 Å². The zero-order chi connectivity index (χ0) is 13.9. The number of nitrogens with one attached hydrogen (secondary N) is 1. The molecule has 1 N–H and O–H groups in total. The highest BCUT2D eigenvalue weighted by Gasteiger charge is 2.30. The van der Waals surface area contributed by atoms with Crippen molar-refractivity contribution in [1.29, 1.82) is 0 Å². The quantitative estimate of drug-likeness (QED) is 0.789. The fourth-order valence-electron chi connectivity index (χ4n) is 2.75. The van der Waals surface area contributed by atoms with Crippen LogP contribution in [0.4, 0.5) is 5.69 Å². The summed E-state index contributed by atoms with van der Waals surface area (Å²) in [6.07, 6.45) is 5.34. The lowest BCUT2D eigenvalue weighted by molar-refractivity contribution is 0.205. The van der Waals surface area contributed by atoms with Gasteiger partial charge in [-0.05, 0) is 44.2 Å². The number of hydrogen-bond acceptors (Lipinski definition) is 3. The molecule has 0 spiro atoms. The monoisotopic (exact) mass is 274 g/mol. The second-order valence-electron chi connectivity index (χ2n) is 6.20. The van der Waals surface area contributed by atoms with Crippen molar-refractivity contribution >= 4 is 5.69 Å². The van der Waals surface area contributed by atoms with E-state index in [-0.39, 0.29) is 0 Å². The smallest absolute Gasteiger partial charge is 0.0637 e. The first-order valence-electron chi connectivity index (χ1n) is 7.86. The fourth-order valence-corrected chi connectivity index (χ4v) is 2.75. The van der Waals surface area contributed by atoms with Gasteiger partial charge in [-0.2, -0.15) is 0 Å². The fraction of sp³-hybridized carbons (Fsp3) is 0.647. The largest absolute Gasteiger partial charge is 0.383 e. The molecule has 1 aromatic rings. The van der Waals surface area contributed by atoms with Gasteiger partial charge in [0.2, 0.25) is 0 Å². The van der Waals surface area contributed by atoms with Gasteiger partial charge in [-0.15, -0.1) is 0 Å². The van der Waals surface area contributed by atoms with E-state index < -0.39 is 0 Å². The molecule has 0 unspecified atom stereocenters. The molecule has 0 aliphatic heterocycles. The zero-order valence-corrected chi connectivity index (χ0v) is 12.7. The number of benzene rings is 1. The van der Waals surface area contributed by atoms with Crippen LogP contribution in [-0.4, -0.2) is 32.3 Å². The van der Waals surface area contributed by atoms with E-state index in [4.69, 9.17) is 4.74 Å². The summed E-state index contributed by atoms with van der Waals surface area (Å²) in [6.45, 7) is 4.99. The van der Waals surface area contributed by atoms with E-state index in [0.717, 1.165) is 31.8 Å². The summed E-state index contributed by atoms with van der Waals surface area (Å²) >= 11 is 0. The lowest BCUT2D eigenvalue weighted by Crippen LogP contribution is -2.31. The molecule has 3 rings (SSSR count). The Morgan fingerprint density at radius 2 is 2.05 bits per heavy atom. The van der Waals surface area contributed by atoms with E-state index in [1.807, 2.05) is 0 Å². The van der Waals surface area contributed by atoms with E-state index in [0.29, 0.717) is 0 Å². The molecule has 20 heavy (non-hydrogen) atoms. The molecule has 0 aromatic heterocycles. The minimum Gasteiger partial charge on any atom is -0.383 e. The second-order valence-corrected chi connectivity index (χ2v) is 6.20. The minimum atomic E-state index is 0.729. The van der Waals surface area contributed by atoms with Gasteiger partial charge >= 0.3 is 0 Å². The molecule has 2 fully saturated rings. The number of nitrogens with zero attached hydrogens (tertiary/aromatic N) is 1. The maximum atomic E-state index is 5.29. The maximum absolute atomic E-state index is 5.29. The summed E-state index contributed by atoms with van der Waals surface area (Å²) in [7, 11) is 1.79. The number of rotatable bonds is 8. The molecule has 2 aliphatic carbocycles. The zero-order valence-electron chi connectivity index (χ0n) is 12.7. The number of hydrogen-bond donors (Lipinski definition) is 1. The Morgan fingerprint density at radius 1 is 1.25 bits per heavy atom. The highest BCUT2D eigenvalue weighted by molar-refractivity contribution is 5.56. The van der Waals surface area contributed by atoms with Gasteiger partial charge in [0.05, 0.1) is 6.61 Å². The van der Waals surface area contributed by atoms with Gasteiger partial charge in [0.25, 0.3) is 0 Å². The molecular formula is C17H26N2O. The molecule has 0 bridgehead atoms. The minimum absolute atomic E-state index is 0.729. The Morgan fingerprint density at radius 3 is 2.70 bits per heavy atom. The Hall–Kier alpha value is -1.06. The van der Waals surface area contributed by atoms with Crippen LogP contribution in [0.15, 0.2) is 18.2 Å². The van der Waals surface area contributed by atoms with Crippen LogP contribution in [0.25, 0.3) is 0 Å². The van der Waals surface area contributed by atoms with Crippen molar-refractivity contribution in [2.24, 2.45) is 0 Å². The summed E-state index contributed by atoms with van der Waals surface area (Å²) < 4.78 is 5.29. The summed E-state index contributed by atoms with van der Waals surface area (Å²) in [6, 6.07) is 8.36. The topological polar surface area (TPSA) is 24.5 Å². The van der Waals surface area contributed by atoms with Gasteiger partial charge in [0, 0.05) is 38.0 Å². The summed E-state index contributed by atoms with van der Waals surface area (Å²) in [5, 5.41) is 3.65. The van der Waals surface area contributed by atoms with Gasteiger partial charge in [-0.3, -0.25) is 0 Å². The Bertz CT molecular complexity index is 452. The third-order valence-electron chi connectivity index (χ3n) is 4.23. The van der Waals surface area contributed by atoms with Gasteiger partial charge < -0.3 is 15.0 Å². The molecule has 0 radical (unpaired) electrons. The van der Waals surface area contributed by atoms with Crippen LogP contribution in [0.2, 0.25) is 0 Å². The molecule has 3 heteroatoms. The molecule has 3 nitrogen and oxygen atoms in total. The Kier molecular flexibility index (Phi) is 4.27. The number of ether oxygens (including phenoxy) is 1. The van der Waals surface area contributed by atoms with Crippen LogP contribution in [0.3, 0.4) is 0 Å². The van der Waals surface area contributed by atoms with Crippen LogP contribution < -0.4 is 10.2 Å². The van der Waals surface area contributed by atoms with E-state index in [1.54, 1.807) is 7.11 Å². The first-order valence-corrected chi connectivity index (χ1v) is 7.86. The van der Waals surface area contributed by atoms with Gasteiger partial charge in [0.1, 0.15) is 0 Å². The number of aryl methyl sites for hydroxylation is 1. The normalized spacial score (nSPS) is 18.3. The van der Waals surface area contributed by atoms with Crippen LogP contribution >= 0.6 is 0 Å². The standard InChI is InChI=1S/C17H26N2O/c1-13-3-8-17(14(11-13)12-18-15-4-5-15)19(9-10-20-2)16-6-7-16/h3,8,11,15-16,18H,4-7,9-10,12H2,1-2H3. The molecule has 0 saturated heterocycles. The van der Waals surface area contributed by atoms with Gasteiger partial charge in [-0.1, -0.05) is 17.7 Å². The summed E-state index contributed by atoms with van der Waals surface area (Å²) in [4.78, 5) is 2.55. The lowest BCUT2D eigenvalue weighted by Gasteiger charge is -2.27. The molecule has 0 heterocycles. The third kappa shape index (κ3) is 3.53. The van der Waals surface area contributed by atoms with E-state index in [9.17, 15) is 0 Å². The predicted octanol–water partition coefficient (Wildman–Crippen LogP) is 2.86.